The van der Waals surface area contributed by atoms with Crippen LogP contribution in [0.4, 0.5) is 5.82 Å². The Balaban J connectivity index is 1.86. The number of nitrogens with one attached hydrogen (secondary N) is 1. The van der Waals surface area contributed by atoms with Gasteiger partial charge in [-0.05, 0) is 28.8 Å². The SMILES string of the molecule is Brc1cc(N2CCNCC2)nc(C2CC2)n1. The third kappa shape index (κ3) is 2.20. The van der Waals surface area contributed by atoms with Crippen LogP contribution in [-0.2, 0) is 0 Å². The van der Waals surface area contributed by atoms with Gasteiger partial charge in [-0.15, -0.1) is 0 Å². The summed E-state index contributed by atoms with van der Waals surface area (Å²) in [7, 11) is 0. The number of anilines is 1. The number of rotatable bonds is 2. The van der Waals surface area contributed by atoms with Crippen LogP contribution in [0, 0.1) is 0 Å². The van der Waals surface area contributed by atoms with Gasteiger partial charge in [-0.2, -0.15) is 0 Å². The lowest BCUT2D eigenvalue weighted by Gasteiger charge is -2.28. The molecule has 1 saturated heterocycles. The number of piperazine rings is 1. The molecule has 2 fully saturated rings. The van der Waals surface area contributed by atoms with E-state index in [1.807, 2.05) is 6.07 Å². The van der Waals surface area contributed by atoms with Gasteiger partial charge in [-0.25, -0.2) is 9.97 Å². The molecule has 0 bridgehead atoms. The molecule has 4 nitrogen and oxygen atoms in total. The molecule has 0 aromatic carbocycles. The number of hydrogen-bond donors (Lipinski definition) is 1. The van der Waals surface area contributed by atoms with E-state index in [0.717, 1.165) is 42.4 Å². The minimum Gasteiger partial charge on any atom is -0.354 e. The van der Waals surface area contributed by atoms with E-state index in [1.54, 1.807) is 0 Å². The average molecular weight is 283 g/mol. The van der Waals surface area contributed by atoms with E-state index < -0.39 is 0 Å². The van der Waals surface area contributed by atoms with E-state index in [9.17, 15) is 0 Å². The molecular formula is C11H15BrN4. The summed E-state index contributed by atoms with van der Waals surface area (Å²) in [5.41, 5.74) is 0. The predicted octanol–water partition coefficient (Wildman–Crippen LogP) is 1.53. The van der Waals surface area contributed by atoms with Crippen molar-refractivity contribution in [3.05, 3.63) is 16.5 Å². The van der Waals surface area contributed by atoms with Crippen LogP contribution >= 0.6 is 15.9 Å². The normalized spacial score (nSPS) is 21.2. The smallest absolute Gasteiger partial charge is 0.135 e. The van der Waals surface area contributed by atoms with Gasteiger partial charge < -0.3 is 10.2 Å². The Morgan fingerprint density at radius 3 is 2.69 bits per heavy atom. The minimum absolute atomic E-state index is 0.610. The monoisotopic (exact) mass is 282 g/mol. The van der Waals surface area contributed by atoms with Crippen molar-refractivity contribution >= 4 is 21.7 Å². The Morgan fingerprint density at radius 1 is 1.25 bits per heavy atom. The Morgan fingerprint density at radius 2 is 2.00 bits per heavy atom. The average Bonchev–Trinajstić information content (AvgIpc) is 3.13. The summed E-state index contributed by atoms with van der Waals surface area (Å²) in [5.74, 6) is 2.70. The summed E-state index contributed by atoms with van der Waals surface area (Å²) < 4.78 is 0.915. The molecule has 2 heterocycles. The Bertz CT molecular complexity index is 386. The van der Waals surface area contributed by atoms with Crippen LogP contribution in [0.5, 0.6) is 0 Å². The Kier molecular flexibility index (Phi) is 2.81. The van der Waals surface area contributed by atoms with Crippen molar-refractivity contribution in [2.24, 2.45) is 0 Å². The van der Waals surface area contributed by atoms with Gasteiger partial charge in [0.15, 0.2) is 0 Å². The van der Waals surface area contributed by atoms with E-state index in [4.69, 9.17) is 0 Å². The highest BCUT2D eigenvalue weighted by atomic mass is 79.9. The van der Waals surface area contributed by atoms with Crippen molar-refractivity contribution in [3.63, 3.8) is 0 Å². The molecule has 1 aliphatic carbocycles. The minimum atomic E-state index is 0.610. The van der Waals surface area contributed by atoms with E-state index in [2.05, 4.69) is 36.1 Å². The van der Waals surface area contributed by atoms with Crippen LogP contribution in [-0.4, -0.2) is 36.1 Å². The van der Waals surface area contributed by atoms with Crippen molar-refractivity contribution in [1.29, 1.82) is 0 Å². The van der Waals surface area contributed by atoms with Gasteiger partial charge in [0.05, 0.1) is 0 Å². The summed E-state index contributed by atoms with van der Waals surface area (Å²) >= 11 is 3.48. The molecule has 0 amide bonds. The lowest BCUT2D eigenvalue weighted by molar-refractivity contribution is 0.583. The molecular weight excluding hydrogens is 268 g/mol. The maximum absolute atomic E-state index is 4.68. The lowest BCUT2D eigenvalue weighted by Crippen LogP contribution is -2.44. The van der Waals surface area contributed by atoms with Crippen LogP contribution < -0.4 is 10.2 Å². The maximum Gasteiger partial charge on any atom is 0.135 e. The molecule has 0 spiro atoms. The zero-order chi connectivity index (χ0) is 11.0. The number of nitrogens with zero attached hydrogens (tertiary/aromatic N) is 3. The first kappa shape index (κ1) is 10.5. The maximum atomic E-state index is 4.68. The fourth-order valence-electron chi connectivity index (χ4n) is 2.00. The fraction of sp³-hybridized carbons (Fsp3) is 0.636. The summed E-state index contributed by atoms with van der Waals surface area (Å²) in [5, 5.41) is 3.35. The first-order valence-electron chi connectivity index (χ1n) is 5.83. The van der Waals surface area contributed by atoms with Crippen molar-refractivity contribution < 1.29 is 0 Å². The molecule has 16 heavy (non-hydrogen) atoms. The first-order chi connectivity index (χ1) is 7.83. The zero-order valence-electron chi connectivity index (χ0n) is 9.12. The van der Waals surface area contributed by atoms with Crippen LogP contribution in [0.2, 0.25) is 0 Å². The predicted molar refractivity (Wildman–Crippen MR) is 66.8 cm³/mol. The molecule has 1 aromatic heterocycles. The zero-order valence-corrected chi connectivity index (χ0v) is 10.7. The first-order valence-corrected chi connectivity index (χ1v) is 6.62. The highest BCUT2D eigenvalue weighted by molar-refractivity contribution is 9.10. The van der Waals surface area contributed by atoms with Gasteiger partial charge in [0, 0.05) is 38.2 Å². The lowest BCUT2D eigenvalue weighted by atomic mass is 10.3. The topological polar surface area (TPSA) is 41.0 Å². The molecule has 1 aromatic rings. The molecule has 5 heteroatoms. The molecule has 0 unspecified atom stereocenters. The van der Waals surface area contributed by atoms with Gasteiger partial charge in [0.1, 0.15) is 16.2 Å². The molecule has 2 aliphatic rings. The fourth-order valence-corrected chi connectivity index (χ4v) is 2.39. The summed E-state index contributed by atoms with van der Waals surface area (Å²) in [4.78, 5) is 11.5. The molecule has 1 aliphatic heterocycles. The van der Waals surface area contributed by atoms with Gasteiger partial charge in [0.2, 0.25) is 0 Å². The number of halogens is 1. The second kappa shape index (κ2) is 4.30. The molecule has 1 saturated carbocycles. The van der Waals surface area contributed by atoms with Gasteiger partial charge >= 0.3 is 0 Å². The van der Waals surface area contributed by atoms with Gasteiger partial charge in [-0.1, -0.05) is 0 Å². The number of hydrogen-bond acceptors (Lipinski definition) is 4. The molecule has 0 radical (unpaired) electrons. The van der Waals surface area contributed by atoms with Crippen LogP contribution in [0.1, 0.15) is 24.6 Å². The molecule has 3 rings (SSSR count). The highest BCUT2D eigenvalue weighted by Gasteiger charge is 2.27. The number of aromatic nitrogens is 2. The van der Waals surface area contributed by atoms with Crippen molar-refractivity contribution in [3.8, 4) is 0 Å². The van der Waals surface area contributed by atoms with Crippen LogP contribution in [0.3, 0.4) is 0 Å². The summed E-state index contributed by atoms with van der Waals surface area (Å²) in [6.45, 7) is 4.15. The highest BCUT2D eigenvalue weighted by Crippen LogP contribution is 2.39. The molecule has 86 valence electrons. The Hall–Kier alpha value is -0.680. The van der Waals surface area contributed by atoms with E-state index >= 15 is 0 Å². The summed E-state index contributed by atoms with van der Waals surface area (Å²) in [6.07, 6.45) is 2.49. The van der Waals surface area contributed by atoms with E-state index in [0.29, 0.717) is 5.92 Å². The Labute approximate surface area is 104 Å². The van der Waals surface area contributed by atoms with Crippen molar-refractivity contribution in [2.45, 2.75) is 18.8 Å². The molecule has 1 N–H and O–H groups in total. The second-order valence-electron chi connectivity index (χ2n) is 4.42. The van der Waals surface area contributed by atoms with E-state index in [-0.39, 0.29) is 0 Å². The third-order valence-corrected chi connectivity index (χ3v) is 3.49. The van der Waals surface area contributed by atoms with Crippen molar-refractivity contribution in [1.82, 2.24) is 15.3 Å². The largest absolute Gasteiger partial charge is 0.354 e. The molecule has 0 atom stereocenters. The van der Waals surface area contributed by atoms with Gasteiger partial charge in [-0.3, -0.25) is 0 Å². The quantitative estimate of drug-likeness (QED) is 0.836. The third-order valence-electron chi connectivity index (χ3n) is 3.08. The van der Waals surface area contributed by atoms with Gasteiger partial charge in [0.25, 0.3) is 0 Å². The van der Waals surface area contributed by atoms with Crippen LogP contribution in [0.15, 0.2) is 10.7 Å². The second-order valence-corrected chi connectivity index (χ2v) is 5.23. The standard InChI is InChI=1S/C11H15BrN4/c12-9-7-10(16-5-3-13-4-6-16)15-11(14-9)8-1-2-8/h7-8,13H,1-6H2. The van der Waals surface area contributed by atoms with Crippen LogP contribution in [0.25, 0.3) is 0 Å². The van der Waals surface area contributed by atoms with Crippen molar-refractivity contribution in [2.75, 3.05) is 31.1 Å². The van der Waals surface area contributed by atoms with E-state index in [1.165, 1.54) is 12.8 Å². The summed E-state index contributed by atoms with van der Waals surface area (Å²) in [6, 6.07) is 2.02.